The molecule has 21 heteroatoms. The standard InChI is InChI=1S/C61H49F12N3O6/c1-28-18-32(33-21-37(54(5,6)7)24-38(22-33)55(8,9)10)23-39(19-28)74-48(77)40-16-13-35(26-44(40)51(74)80)57(60(68,69)70,61(71,72)73)36-14-17-42-45(27-36)53(82)76(50(42)79)47-30(3)20-29(2)46(31(47)4)75-49(78)41-15-12-34(25-43(41)52(75)81)56(11,58(62,63)64)59(65,66)67/h12-27H,1-11H3. The summed E-state index contributed by atoms with van der Waals surface area (Å²) >= 11 is 0. The number of halogens is 12. The maximum atomic E-state index is 15.9. The second-order valence-corrected chi connectivity index (χ2v) is 23.2. The minimum atomic E-state index is -6.33. The van der Waals surface area contributed by atoms with Crippen LogP contribution in [0.3, 0.4) is 0 Å². The third-order valence-corrected chi connectivity index (χ3v) is 15.7. The van der Waals surface area contributed by atoms with Gasteiger partial charge in [0.2, 0.25) is 5.41 Å². The number of fused-ring (bicyclic) bond motifs is 3. The van der Waals surface area contributed by atoms with Crippen LogP contribution in [0.4, 0.5) is 69.7 Å². The first-order valence-electron chi connectivity index (χ1n) is 25.3. The molecule has 6 aromatic carbocycles. The van der Waals surface area contributed by atoms with Crippen LogP contribution < -0.4 is 14.7 Å². The van der Waals surface area contributed by atoms with Gasteiger partial charge in [-0.3, -0.25) is 28.8 Å². The summed E-state index contributed by atoms with van der Waals surface area (Å²) in [4.78, 5) is 86.7. The third kappa shape index (κ3) is 8.61. The van der Waals surface area contributed by atoms with E-state index in [9.17, 15) is 55.1 Å². The van der Waals surface area contributed by atoms with Crippen molar-refractivity contribution in [2.75, 3.05) is 14.7 Å². The van der Waals surface area contributed by atoms with E-state index in [2.05, 4.69) is 6.07 Å². The molecule has 3 aliphatic rings. The predicted molar refractivity (Wildman–Crippen MR) is 280 cm³/mol. The largest absolute Gasteiger partial charge is 0.411 e. The number of carbonyl (C=O) groups is 6. The lowest BCUT2D eigenvalue weighted by atomic mass is 9.71. The summed E-state index contributed by atoms with van der Waals surface area (Å²) in [5.41, 5.74) is -16.5. The summed E-state index contributed by atoms with van der Waals surface area (Å²) in [5, 5.41) is 0. The number of amides is 6. The molecule has 0 fully saturated rings. The first kappa shape index (κ1) is 58.6. The van der Waals surface area contributed by atoms with Gasteiger partial charge in [-0.1, -0.05) is 90.1 Å². The van der Waals surface area contributed by atoms with Crippen molar-refractivity contribution in [1.82, 2.24) is 0 Å². The van der Waals surface area contributed by atoms with Crippen molar-refractivity contribution in [2.45, 2.75) is 123 Å². The van der Waals surface area contributed by atoms with Crippen molar-refractivity contribution in [1.29, 1.82) is 0 Å². The van der Waals surface area contributed by atoms with E-state index < -0.39 is 132 Å². The Morgan fingerprint density at radius 2 is 0.671 bits per heavy atom. The third-order valence-electron chi connectivity index (χ3n) is 15.7. The Morgan fingerprint density at radius 1 is 0.329 bits per heavy atom. The summed E-state index contributed by atoms with van der Waals surface area (Å²) in [7, 11) is 0. The fourth-order valence-corrected chi connectivity index (χ4v) is 11.2. The fourth-order valence-electron chi connectivity index (χ4n) is 11.2. The Morgan fingerprint density at radius 3 is 1.05 bits per heavy atom. The lowest BCUT2D eigenvalue weighted by molar-refractivity contribution is -0.297. The zero-order valence-corrected chi connectivity index (χ0v) is 45.6. The van der Waals surface area contributed by atoms with Gasteiger partial charge in [0.05, 0.1) is 50.4 Å². The molecule has 0 saturated heterocycles. The molecule has 3 aliphatic heterocycles. The average Bonchev–Trinajstić information content (AvgIpc) is 1.55. The highest BCUT2D eigenvalue weighted by Crippen LogP contribution is 2.58. The molecule has 0 spiro atoms. The van der Waals surface area contributed by atoms with Gasteiger partial charge in [-0.05, 0) is 155 Å². The number of benzene rings is 6. The molecule has 0 unspecified atom stereocenters. The molecule has 82 heavy (non-hydrogen) atoms. The highest BCUT2D eigenvalue weighted by Gasteiger charge is 2.73. The van der Waals surface area contributed by atoms with E-state index in [1.54, 1.807) is 13.0 Å². The minimum absolute atomic E-state index is 0.0177. The zero-order chi connectivity index (χ0) is 61.1. The van der Waals surface area contributed by atoms with Crippen LogP contribution in [0.5, 0.6) is 0 Å². The maximum Gasteiger partial charge on any atom is 0.411 e. The molecule has 0 bridgehead atoms. The normalized spacial score (nSPS) is 15.6. The summed E-state index contributed by atoms with van der Waals surface area (Å²) in [6, 6.07) is 15.8. The molecular formula is C61H49F12N3O6. The molecule has 0 atom stereocenters. The number of alkyl halides is 12. The van der Waals surface area contributed by atoms with Crippen LogP contribution in [0.2, 0.25) is 0 Å². The van der Waals surface area contributed by atoms with E-state index in [0.29, 0.717) is 73.9 Å². The molecule has 0 radical (unpaired) electrons. The van der Waals surface area contributed by atoms with Crippen molar-refractivity contribution in [3.05, 3.63) is 181 Å². The van der Waals surface area contributed by atoms with Crippen LogP contribution in [0.25, 0.3) is 11.1 Å². The van der Waals surface area contributed by atoms with E-state index in [1.807, 2.05) is 53.7 Å². The number of hydrogen-bond donors (Lipinski definition) is 0. The summed E-state index contributed by atoms with van der Waals surface area (Å²) in [6.07, 6.45) is -24.5. The van der Waals surface area contributed by atoms with Gasteiger partial charge in [-0.15, -0.1) is 0 Å². The first-order chi connectivity index (χ1) is 37.5. The molecule has 428 valence electrons. The van der Waals surface area contributed by atoms with Crippen molar-refractivity contribution in [3.63, 3.8) is 0 Å². The number of carbonyl (C=O) groups excluding carboxylic acids is 6. The Labute approximate surface area is 461 Å². The van der Waals surface area contributed by atoms with E-state index >= 15 is 26.3 Å². The smallest absolute Gasteiger partial charge is 0.268 e. The van der Waals surface area contributed by atoms with Crippen molar-refractivity contribution >= 4 is 52.5 Å². The first-order valence-corrected chi connectivity index (χ1v) is 25.3. The van der Waals surface area contributed by atoms with Gasteiger partial charge in [0.1, 0.15) is 0 Å². The topological polar surface area (TPSA) is 112 Å². The maximum absolute atomic E-state index is 15.9. The van der Waals surface area contributed by atoms with Gasteiger partial charge in [-0.25, -0.2) is 14.7 Å². The van der Waals surface area contributed by atoms with Crippen molar-refractivity contribution in [3.8, 4) is 11.1 Å². The summed E-state index contributed by atoms with van der Waals surface area (Å²) in [5.74, 6) is -7.68. The number of nitrogens with zero attached hydrogens (tertiary/aromatic N) is 3. The Balaban J connectivity index is 1.10. The predicted octanol–water partition coefficient (Wildman–Crippen LogP) is 15.4. The van der Waals surface area contributed by atoms with Crippen LogP contribution in [-0.2, 0) is 21.7 Å². The van der Waals surface area contributed by atoms with E-state index in [0.717, 1.165) is 11.1 Å². The zero-order valence-electron chi connectivity index (χ0n) is 45.6. The molecule has 9 rings (SSSR count). The molecular weight excluding hydrogens is 1100 g/mol. The van der Waals surface area contributed by atoms with E-state index in [1.165, 1.54) is 39.0 Å². The SMILES string of the molecule is Cc1cc(-c2cc(C(C)(C)C)cc(C(C)(C)C)c2)cc(N2C(=O)c3ccc(C(c4ccc5c(c4)C(=O)N(c4c(C)cc(C)c(N6C(=O)c7ccc(C(C)(C(F)(F)F)C(F)(F)F)cc7C6=O)c4C)C5=O)(C(F)(F)F)C(F)(F)F)cc3C2=O)c1. The Bertz CT molecular complexity index is 3780. The highest BCUT2D eigenvalue weighted by atomic mass is 19.4. The van der Waals surface area contributed by atoms with Crippen LogP contribution in [-0.4, -0.2) is 60.1 Å². The van der Waals surface area contributed by atoms with Crippen LogP contribution in [0, 0.1) is 27.7 Å². The minimum Gasteiger partial charge on any atom is -0.268 e. The van der Waals surface area contributed by atoms with Gasteiger partial charge in [0.25, 0.3) is 35.4 Å². The van der Waals surface area contributed by atoms with Crippen LogP contribution >= 0.6 is 0 Å². The molecule has 0 aliphatic carbocycles. The van der Waals surface area contributed by atoms with E-state index in [-0.39, 0.29) is 52.3 Å². The molecule has 6 amide bonds. The summed E-state index contributed by atoms with van der Waals surface area (Å²) in [6.45, 7) is 17.5. The van der Waals surface area contributed by atoms with Crippen molar-refractivity contribution in [2.24, 2.45) is 0 Å². The van der Waals surface area contributed by atoms with Crippen LogP contribution in [0.1, 0.15) is 161 Å². The van der Waals surface area contributed by atoms with E-state index in [4.69, 9.17) is 0 Å². The molecule has 0 N–H and O–H groups in total. The fraction of sp³-hybridized carbons (Fsp3) is 0.311. The van der Waals surface area contributed by atoms with Crippen molar-refractivity contribution < 1.29 is 81.5 Å². The average molecular weight is 1150 g/mol. The molecule has 0 saturated carbocycles. The van der Waals surface area contributed by atoms with Gasteiger partial charge in [0, 0.05) is 0 Å². The van der Waals surface area contributed by atoms with Gasteiger partial charge in [0.15, 0.2) is 5.41 Å². The van der Waals surface area contributed by atoms with Gasteiger partial charge < -0.3 is 0 Å². The summed E-state index contributed by atoms with van der Waals surface area (Å²) < 4.78 is 180. The number of rotatable bonds is 7. The highest BCUT2D eigenvalue weighted by molar-refractivity contribution is 6.37. The van der Waals surface area contributed by atoms with Crippen LogP contribution in [0.15, 0.2) is 97.1 Å². The number of anilines is 3. The number of imide groups is 3. The molecule has 9 nitrogen and oxygen atoms in total. The van der Waals surface area contributed by atoms with Gasteiger partial charge >= 0.3 is 24.7 Å². The van der Waals surface area contributed by atoms with Gasteiger partial charge in [-0.2, -0.15) is 52.7 Å². The quantitative estimate of drug-likeness (QED) is 0.116. The lowest BCUT2D eigenvalue weighted by Gasteiger charge is -2.38. The second kappa shape index (κ2) is 18.5. The Kier molecular flexibility index (Phi) is 13.2. The Hall–Kier alpha value is -8.10. The molecule has 0 aromatic heterocycles. The molecule has 6 aromatic rings. The molecule has 3 heterocycles. The number of hydrogen-bond acceptors (Lipinski definition) is 6. The monoisotopic (exact) mass is 1150 g/mol. The number of aryl methyl sites for hydroxylation is 3. The second-order valence-electron chi connectivity index (χ2n) is 23.2. The lowest BCUT2D eigenvalue weighted by Crippen LogP contribution is -2.55.